The van der Waals surface area contributed by atoms with Gasteiger partial charge in [0.25, 0.3) is 5.91 Å². The molecule has 26 heavy (non-hydrogen) atoms. The minimum Gasteiger partial charge on any atom is -0.497 e. The van der Waals surface area contributed by atoms with Crippen LogP contribution in [0.15, 0.2) is 53.4 Å². The number of carbonyl (C=O) groups is 1. The summed E-state index contributed by atoms with van der Waals surface area (Å²) in [7, 11) is 1.63. The predicted molar refractivity (Wildman–Crippen MR) is 109 cm³/mol. The van der Waals surface area contributed by atoms with E-state index in [4.69, 9.17) is 21.7 Å². The molecule has 0 aromatic heterocycles. The Balaban J connectivity index is 1.73. The highest BCUT2D eigenvalue weighted by Gasteiger charge is 2.31. The molecule has 0 atom stereocenters. The Labute approximate surface area is 162 Å². The van der Waals surface area contributed by atoms with Gasteiger partial charge < -0.3 is 9.47 Å². The lowest BCUT2D eigenvalue weighted by Gasteiger charge is -2.14. The normalized spacial score (nSPS) is 15.6. The quantitative estimate of drug-likeness (QED) is 0.541. The Morgan fingerprint density at radius 2 is 1.73 bits per heavy atom. The van der Waals surface area contributed by atoms with Gasteiger partial charge in [-0.3, -0.25) is 9.69 Å². The maximum absolute atomic E-state index is 12.7. The van der Waals surface area contributed by atoms with Crippen molar-refractivity contribution in [1.29, 1.82) is 0 Å². The Kier molecular flexibility index (Phi) is 5.96. The monoisotopic (exact) mass is 385 g/mol. The van der Waals surface area contributed by atoms with Gasteiger partial charge in [0.2, 0.25) is 0 Å². The second-order valence-electron chi connectivity index (χ2n) is 5.62. The first-order chi connectivity index (χ1) is 12.6. The summed E-state index contributed by atoms with van der Waals surface area (Å²) in [6.45, 7) is 3.03. The van der Waals surface area contributed by atoms with Crippen LogP contribution >= 0.6 is 24.0 Å². The van der Waals surface area contributed by atoms with Crippen LogP contribution in [0.3, 0.4) is 0 Å². The van der Waals surface area contributed by atoms with Crippen LogP contribution in [0, 0.1) is 0 Å². The predicted octanol–water partition coefficient (Wildman–Crippen LogP) is 4.50. The maximum atomic E-state index is 12.7. The van der Waals surface area contributed by atoms with E-state index in [2.05, 4.69) is 0 Å². The molecule has 0 bridgehead atoms. The van der Waals surface area contributed by atoms with Gasteiger partial charge in [-0.2, -0.15) is 0 Å². The second kappa shape index (κ2) is 8.38. The van der Waals surface area contributed by atoms with Crippen molar-refractivity contribution < 1.29 is 14.3 Å². The molecule has 0 unspecified atom stereocenters. The van der Waals surface area contributed by atoms with Crippen LogP contribution in [0.4, 0.5) is 0 Å². The van der Waals surface area contributed by atoms with Crippen molar-refractivity contribution in [2.45, 2.75) is 13.5 Å². The zero-order valence-corrected chi connectivity index (χ0v) is 16.2. The van der Waals surface area contributed by atoms with E-state index >= 15 is 0 Å². The molecule has 4 nitrogen and oxygen atoms in total. The molecule has 2 aromatic rings. The number of thioether (sulfide) groups is 1. The molecule has 0 N–H and O–H groups in total. The first kappa shape index (κ1) is 18.5. The standard InChI is InChI=1S/C20H19NO3S2/c1-3-24-17-10-4-14(5-11-17)12-18-19(22)21(20(25)26-18)13-15-6-8-16(23-2)9-7-15/h4-12H,3,13H2,1-2H3/b18-12+. The van der Waals surface area contributed by atoms with Crippen molar-refractivity contribution in [3.8, 4) is 11.5 Å². The average molecular weight is 386 g/mol. The summed E-state index contributed by atoms with van der Waals surface area (Å²) >= 11 is 6.73. The molecule has 1 heterocycles. The van der Waals surface area contributed by atoms with Gasteiger partial charge in [-0.1, -0.05) is 48.2 Å². The molecule has 1 aliphatic rings. The number of benzene rings is 2. The summed E-state index contributed by atoms with van der Waals surface area (Å²) in [5, 5.41) is 0. The van der Waals surface area contributed by atoms with Crippen molar-refractivity contribution in [2.24, 2.45) is 0 Å². The third-order valence-electron chi connectivity index (χ3n) is 3.86. The second-order valence-corrected chi connectivity index (χ2v) is 7.29. The number of carbonyl (C=O) groups excluding carboxylic acids is 1. The third kappa shape index (κ3) is 4.26. The highest BCUT2D eigenvalue weighted by molar-refractivity contribution is 8.26. The number of methoxy groups -OCH3 is 1. The molecule has 2 aromatic carbocycles. The van der Waals surface area contributed by atoms with Gasteiger partial charge in [0.05, 0.1) is 25.2 Å². The molecule has 1 fully saturated rings. The van der Waals surface area contributed by atoms with Crippen LogP contribution in [0.5, 0.6) is 11.5 Å². The Hall–Kier alpha value is -2.31. The van der Waals surface area contributed by atoms with E-state index in [-0.39, 0.29) is 5.91 Å². The van der Waals surface area contributed by atoms with Crippen molar-refractivity contribution in [2.75, 3.05) is 13.7 Å². The van der Waals surface area contributed by atoms with Crippen molar-refractivity contribution in [3.05, 3.63) is 64.6 Å². The molecular formula is C20H19NO3S2. The fraction of sp³-hybridized carbons (Fsp3) is 0.200. The number of rotatable bonds is 6. The minimum absolute atomic E-state index is 0.0651. The molecule has 0 radical (unpaired) electrons. The van der Waals surface area contributed by atoms with E-state index in [1.165, 1.54) is 11.8 Å². The van der Waals surface area contributed by atoms with E-state index in [0.29, 0.717) is 22.4 Å². The van der Waals surface area contributed by atoms with Crippen LogP contribution in [0.1, 0.15) is 18.1 Å². The fourth-order valence-electron chi connectivity index (χ4n) is 2.53. The summed E-state index contributed by atoms with van der Waals surface area (Å²) in [4.78, 5) is 15.0. The molecule has 0 aliphatic carbocycles. The SMILES string of the molecule is CCOc1ccc(/C=C2/SC(=S)N(Cc3ccc(OC)cc3)C2=O)cc1. The number of amides is 1. The summed E-state index contributed by atoms with van der Waals surface area (Å²) in [5.41, 5.74) is 1.95. The van der Waals surface area contributed by atoms with Gasteiger partial charge in [-0.25, -0.2) is 0 Å². The lowest BCUT2D eigenvalue weighted by Crippen LogP contribution is -2.27. The fourth-order valence-corrected chi connectivity index (χ4v) is 3.78. The van der Waals surface area contributed by atoms with Crippen molar-refractivity contribution in [3.63, 3.8) is 0 Å². The number of hydrogen-bond acceptors (Lipinski definition) is 5. The van der Waals surface area contributed by atoms with E-state index in [9.17, 15) is 4.79 Å². The molecule has 134 valence electrons. The molecule has 0 saturated carbocycles. The summed E-state index contributed by atoms with van der Waals surface area (Å²) in [6, 6.07) is 15.3. The zero-order valence-electron chi connectivity index (χ0n) is 14.6. The van der Waals surface area contributed by atoms with Crippen LogP contribution in [-0.4, -0.2) is 28.8 Å². The molecule has 3 rings (SSSR count). The lowest BCUT2D eigenvalue weighted by atomic mass is 10.2. The van der Waals surface area contributed by atoms with Gasteiger partial charge in [0.15, 0.2) is 0 Å². The van der Waals surface area contributed by atoms with Crippen LogP contribution < -0.4 is 9.47 Å². The smallest absolute Gasteiger partial charge is 0.266 e. The number of nitrogens with zero attached hydrogens (tertiary/aromatic N) is 1. The number of hydrogen-bond donors (Lipinski definition) is 0. The Bertz CT molecular complexity index is 829. The van der Waals surface area contributed by atoms with Crippen LogP contribution in [-0.2, 0) is 11.3 Å². The Morgan fingerprint density at radius 3 is 2.35 bits per heavy atom. The summed E-state index contributed by atoms with van der Waals surface area (Å²) in [5.74, 6) is 1.54. The highest BCUT2D eigenvalue weighted by atomic mass is 32.2. The highest BCUT2D eigenvalue weighted by Crippen LogP contribution is 2.34. The van der Waals surface area contributed by atoms with Crippen molar-refractivity contribution in [1.82, 2.24) is 4.90 Å². The molecule has 1 amide bonds. The maximum Gasteiger partial charge on any atom is 0.266 e. The van der Waals surface area contributed by atoms with E-state index in [1.54, 1.807) is 12.0 Å². The molecule has 6 heteroatoms. The minimum atomic E-state index is -0.0651. The Morgan fingerprint density at radius 1 is 1.08 bits per heavy atom. The number of ether oxygens (including phenoxy) is 2. The summed E-state index contributed by atoms with van der Waals surface area (Å²) in [6.07, 6.45) is 1.86. The summed E-state index contributed by atoms with van der Waals surface area (Å²) < 4.78 is 11.2. The van der Waals surface area contributed by atoms with Crippen LogP contribution in [0.25, 0.3) is 6.08 Å². The first-order valence-corrected chi connectivity index (χ1v) is 9.44. The van der Waals surface area contributed by atoms with Crippen LogP contribution in [0.2, 0.25) is 0 Å². The molecule has 1 saturated heterocycles. The van der Waals surface area contributed by atoms with Gasteiger partial charge in [-0.05, 0) is 48.4 Å². The van der Waals surface area contributed by atoms with E-state index in [1.807, 2.05) is 61.5 Å². The molecule has 0 spiro atoms. The molecule has 1 aliphatic heterocycles. The van der Waals surface area contributed by atoms with Gasteiger partial charge >= 0.3 is 0 Å². The van der Waals surface area contributed by atoms with E-state index in [0.717, 1.165) is 22.6 Å². The first-order valence-electron chi connectivity index (χ1n) is 8.22. The van der Waals surface area contributed by atoms with E-state index < -0.39 is 0 Å². The average Bonchev–Trinajstić information content (AvgIpc) is 2.91. The third-order valence-corrected chi connectivity index (χ3v) is 5.24. The largest absolute Gasteiger partial charge is 0.497 e. The van der Waals surface area contributed by atoms with Gasteiger partial charge in [0, 0.05) is 0 Å². The van der Waals surface area contributed by atoms with Crippen molar-refractivity contribution >= 4 is 40.3 Å². The zero-order chi connectivity index (χ0) is 18.5. The topological polar surface area (TPSA) is 38.8 Å². The molecular weight excluding hydrogens is 366 g/mol. The van der Waals surface area contributed by atoms with Gasteiger partial charge in [0.1, 0.15) is 15.8 Å². The lowest BCUT2D eigenvalue weighted by molar-refractivity contribution is -0.122. The van der Waals surface area contributed by atoms with Gasteiger partial charge in [-0.15, -0.1) is 0 Å². The number of thiocarbonyl (C=S) groups is 1.